The molecule has 2 aromatic heterocycles. The number of hydrogen-bond donors (Lipinski definition) is 0. The molecule has 2 unspecified atom stereocenters. The lowest BCUT2D eigenvalue weighted by Gasteiger charge is -2.36. The van der Waals surface area contributed by atoms with E-state index in [0.717, 1.165) is 40.3 Å². The summed E-state index contributed by atoms with van der Waals surface area (Å²) in [5.41, 5.74) is 2.21. The van der Waals surface area contributed by atoms with Gasteiger partial charge >= 0.3 is 0 Å². The Kier molecular flexibility index (Phi) is 5.58. The summed E-state index contributed by atoms with van der Waals surface area (Å²) in [6.07, 6.45) is 1.24. The molecule has 0 amide bonds. The first-order valence-corrected chi connectivity index (χ1v) is 11.0. The lowest BCUT2D eigenvalue weighted by molar-refractivity contribution is 0.355. The van der Waals surface area contributed by atoms with Crippen LogP contribution in [0.15, 0.2) is 18.2 Å². The van der Waals surface area contributed by atoms with Crippen molar-refractivity contribution in [1.82, 2.24) is 9.97 Å². The topological polar surface area (TPSA) is 47.5 Å². The van der Waals surface area contributed by atoms with Crippen LogP contribution in [0.1, 0.15) is 25.1 Å². The third-order valence-electron chi connectivity index (χ3n) is 5.52. The molecule has 4 rings (SSSR count). The van der Waals surface area contributed by atoms with Crippen molar-refractivity contribution in [3.8, 4) is 22.6 Å². The molecule has 29 heavy (non-hydrogen) atoms. The van der Waals surface area contributed by atoms with Gasteiger partial charge in [-0.3, -0.25) is 0 Å². The second-order valence-electron chi connectivity index (χ2n) is 7.95. The lowest BCUT2D eigenvalue weighted by atomic mass is 9.91. The van der Waals surface area contributed by atoms with Crippen molar-refractivity contribution in [2.75, 3.05) is 32.2 Å². The highest BCUT2D eigenvalue weighted by Gasteiger charge is 2.27. The van der Waals surface area contributed by atoms with E-state index >= 15 is 0 Å². The number of ether oxygens (including phenoxy) is 2. The second-order valence-corrected chi connectivity index (χ2v) is 9.49. The summed E-state index contributed by atoms with van der Waals surface area (Å²) in [6.45, 7) is 8.69. The summed E-state index contributed by atoms with van der Waals surface area (Å²) in [5, 5.41) is 1.38. The maximum atomic E-state index is 6.33. The van der Waals surface area contributed by atoms with Crippen molar-refractivity contribution >= 4 is 39.0 Å². The van der Waals surface area contributed by atoms with Crippen LogP contribution in [0, 0.1) is 18.8 Å². The zero-order valence-electron chi connectivity index (χ0n) is 17.5. The van der Waals surface area contributed by atoms with Gasteiger partial charge in [-0.25, -0.2) is 4.98 Å². The summed E-state index contributed by atoms with van der Waals surface area (Å²) in [4.78, 5) is 13.7. The molecule has 0 aliphatic carbocycles. The molecule has 0 spiro atoms. The van der Waals surface area contributed by atoms with Crippen molar-refractivity contribution < 1.29 is 9.47 Å². The third kappa shape index (κ3) is 3.76. The number of fused-ring (bicyclic) bond motifs is 1. The number of thiophene rings is 1. The molecule has 5 nitrogen and oxygen atoms in total. The first-order valence-electron chi connectivity index (χ1n) is 9.85. The standard InChI is InChI=1S/C22H26ClN3O2S/c1-12-8-13(2)11-26(10-12)20-19-18(14(3)29-21(19)25-22(23)24-20)15-6-7-16(27-4)17(9-15)28-5/h6-7,9,12-13H,8,10-11H2,1-5H3. The number of nitrogens with zero attached hydrogens (tertiary/aromatic N) is 3. The van der Waals surface area contributed by atoms with Gasteiger partial charge in [-0.05, 0) is 54.5 Å². The Morgan fingerprint density at radius 3 is 2.41 bits per heavy atom. The van der Waals surface area contributed by atoms with E-state index in [2.05, 4.69) is 36.7 Å². The predicted molar refractivity (Wildman–Crippen MR) is 121 cm³/mol. The molecule has 7 heteroatoms. The number of aromatic nitrogens is 2. The zero-order valence-corrected chi connectivity index (χ0v) is 19.0. The smallest absolute Gasteiger partial charge is 0.225 e. The summed E-state index contributed by atoms with van der Waals surface area (Å²) >= 11 is 7.99. The fourth-order valence-corrected chi connectivity index (χ4v) is 5.73. The maximum Gasteiger partial charge on any atom is 0.225 e. The van der Waals surface area contributed by atoms with Gasteiger partial charge in [0.15, 0.2) is 11.5 Å². The van der Waals surface area contributed by atoms with Gasteiger partial charge in [0.2, 0.25) is 5.28 Å². The maximum absolute atomic E-state index is 6.33. The Hall–Kier alpha value is -2.05. The average Bonchev–Trinajstić information content (AvgIpc) is 3.01. The molecule has 1 fully saturated rings. The SMILES string of the molecule is COc1ccc(-c2c(C)sc3nc(Cl)nc(N4CC(C)CC(C)C4)c23)cc1OC. The molecular formula is C22H26ClN3O2S. The Bertz CT molecular complexity index is 1040. The van der Waals surface area contributed by atoms with Gasteiger partial charge in [0.05, 0.1) is 19.6 Å². The second kappa shape index (κ2) is 8.00. The van der Waals surface area contributed by atoms with E-state index in [1.165, 1.54) is 11.3 Å². The van der Waals surface area contributed by atoms with Crippen LogP contribution in [0.2, 0.25) is 5.28 Å². The molecule has 0 radical (unpaired) electrons. The molecule has 2 atom stereocenters. The van der Waals surface area contributed by atoms with E-state index < -0.39 is 0 Å². The van der Waals surface area contributed by atoms with Gasteiger partial charge in [0.25, 0.3) is 0 Å². The Labute approximate surface area is 180 Å². The number of anilines is 1. The highest BCUT2D eigenvalue weighted by Crippen LogP contribution is 2.45. The molecule has 1 aliphatic heterocycles. The minimum Gasteiger partial charge on any atom is -0.493 e. The number of rotatable bonds is 4. The molecule has 0 bridgehead atoms. The van der Waals surface area contributed by atoms with Gasteiger partial charge in [-0.1, -0.05) is 19.9 Å². The van der Waals surface area contributed by atoms with Crippen LogP contribution >= 0.6 is 22.9 Å². The third-order valence-corrected chi connectivity index (χ3v) is 6.69. The lowest BCUT2D eigenvalue weighted by Crippen LogP contribution is -2.39. The zero-order chi connectivity index (χ0) is 20.7. The summed E-state index contributed by atoms with van der Waals surface area (Å²) in [7, 11) is 3.31. The number of hydrogen-bond acceptors (Lipinski definition) is 6. The monoisotopic (exact) mass is 431 g/mol. The minimum atomic E-state index is 0.304. The number of methoxy groups -OCH3 is 2. The Morgan fingerprint density at radius 1 is 1.07 bits per heavy atom. The molecule has 3 heterocycles. The van der Waals surface area contributed by atoms with Crippen molar-refractivity contribution in [2.45, 2.75) is 27.2 Å². The van der Waals surface area contributed by atoms with Crippen molar-refractivity contribution in [2.24, 2.45) is 11.8 Å². The summed E-state index contributed by atoms with van der Waals surface area (Å²) in [6, 6.07) is 6.03. The quantitative estimate of drug-likeness (QED) is 0.487. The van der Waals surface area contributed by atoms with Gasteiger partial charge < -0.3 is 14.4 Å². The molecule has 1 saturated heterocycles. The summed E-state index contributed by atoms with van der Waals surface area (Å²) in [5.74, 6) is 3.60. The largest absolute Gasteiger partial charge is 0.493 e. The normalized spacial score (nSPS) is 19.6. The molecular weight excluding hydrogens is 406 g/mol. The first kappa shape index (κ1) is 20.2. The molecule has 154 valence electrons. The van der Waals surface area contributed by atoms with Gasteiger partial charge in [0.1, 0.15) is 10.6 Å². The van der Waals surface area contributed by atoms with Crippen LogP contribution in [-0.2, 0) is 0 Å². The highest BCUT2D eigenvalue weighted by molar-refractivity contribution is 7.19. The van der Waals surface area contributed by atoms with Gasteiger partial charge in [-0.15, -0.1) is 11.3 Å². The van der Waals surface area contributed by atoms with E-state index in [0.29, 0.717) is 28.6 Å². The molecule has 0 N–H and O–H groups in total. The predicted octanol–water partition coefficient (Wildman–Crippen LogP) is 5.82. The van der Waals surface area contributed by atoms with Gasteiger partial charge in [0, 0.05) is 23.5 Å². The number of benzene rings is 1. The number of halogens is 1. The van der Waals surface area contributed by atoms with E-state index in [4.69, 9.17) is 26.1 Å². The van der Waals surface area contributed by atoms with Crippen LogP contribution in [-0.4, -0.2) is 37.3 Å². The molecule has 0 saturated carbocycles. The fourth-order valence-electron chi connectivity index (χ4n) is 4.47. The molecule has 3 aromatic rings. The minimum absolute atomic E-state index is 0.304. The molecule has 1 aromatic carbocycles. The Balaban J connectivity index is 1.93. The number of piperidine rings is 1. The summed E-state index contributed by atoms with van der Waals surface area (Å²) < 4.78 is 10.9. The Morgan fingerprint density at radius 2 is 1.76 bits per heavy atom. The van der Waals surface area contributed by atoms with Crippen LogP contribution < -0.4 is 14.4 Å². The van der Waals surface area contributed by atoms with Crippen LogP contribution in [0.4, 0.5) is 5.82 Å². The van der Waals surface area contributed by atoms with E-state index in [9.17, 15) is 0 Å². The van der Waals surface area contributed by atoms with Crippen molar-refractivity contribution in [1.29, 1.82) is 0 Å². The number of aryl methyl sites for hydroxylation is 1. The van der Waals surface area contributed by atoms with Crippen LogP contribution in [0.5, 0.6) is 11.5 Å². The highest BCUT2D eigenvalue weighted by atomic mass is 35.5. The van der Waals surface area contributed by atoms with Crippen LogP contribution in [0.3, 0.4) is 0 Å². The van der Waals surface area contributed by atoms with Crippen molar-refractivity contribution in [3.05, 3.63) is 28.4 Å². The van der Waals surface area contributed by atoms with E-state index in [1.54, 1.807) is 25.6 Å². The fraction of sp³-hybridized carbons (Fsp3) is 0.455. The van der Waals surface area contributed by atoms with E-state index in [1.807, 2.05) is 12.1 Å². The van der Waals surface area contributed by atoms with Crippen LogP contribution in [0.25, 0.3) is 21.3 Å². The molecule has 1 aliphatic rings. The first-order chi connectivity index (χ1) is 13.9. The average molecular weight is 432 g/mol. The van der Waals surface area contributed by atoms with Gasteiger partial charge in [-0.2, -0.15) is 4.98 Å². The van der Waals surface area contributed by atoms with E-state index in [-0.39, 0.29) is 0 Å². The van der Waals surface area contributed by atoms with Crippen molar-refractivity contribution in [3.63, 3.8) is 0 Å².